The Bertz CT molecular complexity index is 1960. The first-order chi connectivity index (χ1) is 22.3. The molecule has 0 spiro atoms. The van der Waals surface area contributed by atoms with Gasteiger partial charge in [-0.25, -0.2) is 0 Å². The summed E-state index contributed by atoms with van der Waals surface area (Å²) in [6, 6.07) is 12.9. The Balaban J connectivity index is 1.62. The van der Waals surface area contributed by atoms with Crippen LogP contribution in [0.4, 0.5) is 25.1 Å². The van der Waals surface area contributed by atoms with Crippen LogP contribution >= 0.6 is 0 Å². The van der Waals surface area contributed by atoms with Gasteiger partial charge in [0.05, 0.1) is 0 Å². The van der Waals surface area contributed by atoms with E-state index in [1.807, 2.05) is 12.1 Å². The van der Waals surface area contributed by atoms with Crippen LogP contribution in [-0.4, -0.2) is 72.1 Å². The Hall–Kier alpha value is -4.22. The van der Waals surface area contributed by atoms with Crippen molar-refractivity contribution in [3.63, 3.8) is 0 Å². The average molecular weight is 728 g/mol. The second kappa shape index (κ2) is 13.9. The Morgan fingerprint density at radius 3 is 2.53 bits per heavy atom. The third kappa shape index (κ3) is 6.91. The molecule has 0 unspecified atom stereocenters. The van der Waals surface area contributed by atoms with Crippen LogP contribution in [0.25, 0.3) is 10.8 Å². The molecule has 247 valence electrons. The van der Waals surface area contributed by atoms with Crippen LogP contribution in [0.3, 0.4) is 0 Å². The van der Waals surface area contributed by atoms with Crippen molar-refractivity contribution in [2.75, 3.05) is 31.8 Å². The van der Waals surface area contributed by atoms with Crippen molar-refractivity contribution in [3.8, 4) is 5.75 Å². The van der Waals surface area contributed by atoms with E-state index in [0.29, 0.717) is 30.3 Å². The van der Waals surface area contributed by atoms with Crippen molar-refractivity contribution in [1.82, 2.24) is 9.88 Å². The molecule has 3 aromatic carbocycles. The van der Waals surface area contributed by atoms with E-state index in [-0.39, 0.29) is 28.4 Å². The number of hydrogen-bond acceptors (Lipinski definition) is 8. The summed E-state index contributed by atoms with van der Waals surface area (Å²) >= 11 is -1.12. The molecule has 5 rings (SSSR count). The van der Waals surface area contributed by atoms with E-state index in [0.717, 1.165) is 15.1 Å². The molecule has 1 aromatic heterocycles. The first kappa shape index (κ1) is 34.1. The topological polar surface area (TPSA) is 141 Å². The van der Waals surface area contributed by atoms with Gasteiger partial charge in [0.1, 0.15) is 0 Å². The third-order valence-electron chi connectivity index (χ3n) is 8.12. The second-order valence-corrected chi connectivity index (χ2v) is 16.5. The van der Waals surface area contributed by atoms with Gasteiger partial charge in [0, 0.05) is 0 Å². The van der Waals surface area contributed by atoms with Gasteiger partial charge in [0.25, 0.3) is 0 Å². The number of methoxy groups -OCH3 is 2. The van der Waals surface area contributed by atoms with Gasteiger partial charge in [0.15, 0.2) is 0 Å². The van der Waals surface area contributed by atoms with Crippen molar-refractivity contribution < 1.29 is 36.3 Å². The average Bonchev–Trinajstić information content (AvgIpc) is 3.53. The number of carbonyl (C=O) groups is 2. The Labute approximate surface area is 278 Å². The zero-order chi connectivity index (χ0) is 34.0. The number of anilines is 2. The number of amides is 2. The summed E-state index contributed by atoms with van der Waals surface area (Å²) < 4.78 is 66.8. The van der Waals surface area contributed by atoms with Gasteiger partial charge < -0.3 is 0 Å². The molecule has 3 N–H and O–H groups in total. The fourth-order valence-electron chi connectivity index (χ4n) is 5.67. The van der Waals surface area contributed by atoms with E-state index in [4.69, 9.17) is 15.2 Å². The number of carbonyl (C=O) groups excluding carboxylic acids is 2. The molecule has 1 fully saturated rings. The van der Waals surface area contributed by atoms with Crippen molar-refractivity contribution in [2.24, 2.45) is 0 Å². The molecule has 4 aromatic rings. The van der Waals surface area contributed by atoms with Crippen LogP contribution in [0.1, 0.15) is 48.6 Å². The number of nitrogen functional groups attached to an aromatic ring is 1. The standard InChI is InChI=1S/C33H34AsF2N4O6S/c1-18(2)47(43,44)29-10-8-21(39-33(42)46-4)15-24(29)27-6-5-13-40(27)32(41)30(23-16-28(45-3)26(36)17-25(23)35)34-20-7-9-22-19(14-20)11-12-38-31(22)37/h7-12,14-18,27,30H,5-6,13H2,1-4H3,(H2,37,38)(H,39,42)/t27-,30-/m1/s1. The molecule has 0 bridgehead atoms. The zero-order valence-corrected chi connectivity index (χ0v) is 28.9. The van der Waals surface area contributed by atoms with E-state index >= 15 is 4.39 Å². The predicted octanol–water partition coefficient (Wildman–Crippen LogP) is 4.90. The Kier molecular flexibility index (Phi) is 10.1. The van der Waals surface area contributed by atoms with E-state index in [9.17, 15) is 22.4 Å². The summed E-state index contributed by atoms with van der Waals surface area (Å²) in [7, 11) is -1.35. The van der Waals surface area contributed by atoms with E-state index in [2.05, 4.69) is 10.3 Å². The van der Waals surface area contributed by atoms with E-state index in [1.165, 1.54) is 38.5 Å². The number of fused-ring (bicyclic) bond motifs is 1. The van der Waals surface area contributed by atoms with Crippen LogP contribution in [0.5, 0.6) is 5.75 Å². The number of benzene rings is 3. The Morgan fingerprint density at radius 1 is 1.06 bits per heavy atom. The number of nitrogens with zero attached hydrogens (tertiary/aromatic N) is 2. The molecule has 1 aliphatic heterocycles. The Morgan fingerprint density at radius 2 is 1.83 bits per heavy atom. The van der Waals surface area contributed by atoms with Gasteiger partial charge in [-0.2, -0.15) is 0 Å². The van der Waals surface area contributed by atoms with Crippen molar-refractivity contribution in [1.29, 1.82) is 0 Å². The molecule has 0 aliphatic carbocycles. The monoisotopic (exact) mass is 727 g/mol. The molecule has 14 heteroatoms. The normalized spacial score (nSPS) is 15.8. The van der Waals surface area contributed by atoms with Gasteiger partial charge in [-0.3, -0.25) is 0 Å². The third-order valence-corrected chi connectivity index (χ3v) is 13.1. The predicted molar refractivity (Wildman–Crippen MR) is 176 cm³/mol. The summed E-state index contributed by atoms with van der Waals surface area (Å²) in [6.07, 6.45) is 1.81. The van der Waals surface area contributed by atoms with Crippen LogP contribution in [0.2, 0.25) is 0 Å². The maximum atomic E-state index is 15.6. The number of rotatable bonds is 9. The van der Waals surface area contributed by atoms with Crippen molar-refractivity contribution in [3.05, 3.63) is 83.6 Å². The summed E-state index contributed by atoms with van der Waals surface area (Å²) in [6.45, 7) is 3.40. The fraction of sp³-hybridized carbons (Fsp3) is 0.303. The summed E-state index contributed by atoms with van der Waals surface area (Å²) in [4.78, 5) is 32.4. The zero-order valence-electron chi connectivity index (χ0n) is 26.2. The van der Waals surface area contributed by atoms with Gasteiger partial charge in [-0.1, -0.05) is 0 Å². The van der Waals surface area contributed by atoms with E-state index < -0.39 is 65.2 Å². The van der Waals surface area contributed by atoms with Gasteiger partial charge in [-0.05, 0) is 0 Å². The maximum absolute atomic E-state index is 15.6. The fourth-order valence-corrected chi connectivity index (χ4v) is 9.62. The number of pyridine rings is 1. The molecule has 2 heterocycles. The molecule has 1 aliphatic rings. The molecule has 47 heavy (non-hydrogen) atoms. The summed E-state index contributed by atoms with van der Waals surface area (Å²) in [5, 5.41) is 3.33. The molecule has 2 atom stereocenters. The molecule has 2 amide bonds. The van der Waals surface area contributed by atoms with Crippen LogP contribution in [-0.2, 0) is 19.4 Å². The van der Waals surface area contributed by atoms with Crippen molar-refractivity contribution in [2.45, 2.75) is 47.6 Å². The minimum absolute atomic E-state index is 0.0237. The minimum atomic E-state index is -3.82. The van der Waals surface area contributed by atoms with E-state index in [1.54, 1.807) is 37.1 Å². The number of sulfone groups is 1. The molecule has 10 nitrogen and oxygen atoms in total. The van der Waals surface area contributed by atoms with Crippen molar-refractivity contribution >= 4 is 64.2 Å². The van der Waals surface area contributed by atoms with Gasteiger partial charge >= 0.3 is 279 Å². The number of hydrogen-bond donors (Lipinski definition) is 2. The number of ether oxygens (including phenoxy) is 2. The quantitative estimate of drug-likeness (QED) is 0.232. The van der Waals surface area contributed by atoms with Crippen LogP contribution < -0.4 is 20.1 Å². The van der Waals surface area contributed by atoms with Gasteiger partial charge in [-0.15, -0.1) is 0 Å². The SMILES string of the molecule is COC(=O)Nc1ccc(S(=O)(=O)C(C)C)c([C@H]2CCCN2C(=O)[C@H]([As]c2ccc3c(N)nccc3c2)c2cc(OC)c(F)cc2F)c1. The molecular formula is C33H34AsF2N4O6S. The summed E-state index contributed by atoms with van der Waals surface area (Å²) in [5.41, 5.74) is 6.63. The number of nitrogens with one attached hydrogen (secondary N) is 1. The molecule has 1 radical (unpaired) electrons. The number of halogens is 2. The van der Waals surface area contributed by atoms with Crippen LogP contribution in [0.15, 0.2) is 65.7 Å². The number of aromatic nitrogens is 1. The van der Waals surface area contributed by atoms with Crippen LogP contribution in [0, 0.1) is 11.6 Å². The molecule has 0 saturated carbocycles. The number of likely N-dealkylation sites (tertiary alicyclic amines) is 1. The number of nitrogens with two attached hydrogens (primary N) is 1. The second-order valence-electron chi connectivity index (χ2n) is 11.3. The first-order valence-electron chi connectivity index (χ1n) is 14.8. The first-order valence-corrected chi connectivity index (χ1v) is 18.3. The van der Waals surface area contributed by atoms with Gasteiger partial charge in [0.2, 0.25) is 0 Å². The summed E-state index contributed by atoms with van der Waals surface area (Å²) in [5.74, 6) is -2.09. The molecule has 1 saturated heterocycles. The molecular weight excluding hydrogens is 693 g/mol.